The van der Waals surface area contributed by atoms with Crippen LogP contribution in [0.4, 0.5) is 0 Å². The highest BCUT2D eigenvalue weighted by atomic mass is 16.5. The van der Waals surface area contributed by atoms with Crippen molar-refractivity contribution in [3.63, 3.8) is 0 Å². The Hall–Kier alpha value is -1.30. The average molecular weight is 310 g/mol. The Labute approximate surface area is 133 Å². The number of aliphatic imine (C=N–C) groups is 1. The molecular formula is C16H30N4O2. The largest absolute Gasteiger partial charge is 0.378 e. The second-order valence-corrected chi connectivity index (χ2v) is 6.06. The van der Waals surface area contributed by atoms with Crippen LogP contribution < -0.4 is 10.6 Å². The van der Waals surface area contributed by atoms with E-state index >= 15 is 0 Å². The minimum absolute atomic E-state index is 0.178. The molecule has 2 aliphatic rings. The van der Waals surface area contributed by atoms with Crippen molar-refractivity contribution in [1.82, 2.24) is 15.5 Å². The molecule has 0 aromatic rings. The van der Waals surface area contributed by atoms with Gasteiger partial charge in [0, 0.05) is 45.8 Å². The number of hydrogen-bond donors (Lipinski definition) is 2. The number of hydrogen-bond acceptors (Lipinski definition) is 3. The maximum Gasteiger partial charge on any atom is 0.220 e. The zero-order chi connectivity index (χ0) is 15.8. The molecule has 1 aliphatic heterocycles. The van der Waals surface area contributed by atoms with Gasteiger partial charge in [-0.05, 0) is 39.0 Å². The lowest BCUT2D eigenvalue weighted by molar-refractivity contribution is -0.121. The number of amides is 1. The molecule has 1 heterocycles. The number of nitrogens with zero attached hydrogens (tertiary/aromatic N) is 2. The Kier molecular flexibility index (Phi) is 6.96. The van der Waals surface area contributed by atoms with Crippen molar-refractivity contribution in [2.75, 3.05) is 33.3 Å². The predicted octanol–water partition coefficient (Wildman–Crippen LogP) is 1.12. The summed E-state index contributed by atoms with van der Waals surface area (Å²) in [4.78, 5) is 18.2. The number of nitrogens with one attached hydrogen (secondary N) is 2. The molecular weight excluding hydrogens is 280 g/mol. The standard InChI is InChI=1S/C16H30N4O2/c1-3-22-14-8-11-20(12-9-14)16(17-2)18-10-4-5-15(21)19-13-6-7-13/h13-14H,3-12H2,1-2H3,(H,17,18)(H,19,21). The van der Waals surface area contributed by atoms with E-state index < -0.39 is 0 Å². The molecule has 1 amide bonds. The molecule has 1 saturated carbocycles. The van der Waals surface area contributed by atoms with E-state index in [9.17, 15) is 4.79 Å². The monoisotopic (exact) mass is 310 g/mol. The number of carbonyl (C=O) groups is 1. The van der Waals surface area contributed by atoms with Crippen LogP contribution in [0.2, 0.25) is 0 Å². The number of piperidine rings is 1. The molecule has 126 valence electrons. The van der Waals surface area contributed by atoms with Crippen molar-refractivity contribution in [2.24, 2.45) is 4.99 Å². The molecule has 2 rings (SSSR count). The Morgan fingerprint density at radius 3 is 2.59 bits per heavy atom. The molecule has 22 heavy (non-hydrogen) atoms. The van der Waals surface area contributed by atoms with Gasteiger partial charge in [-0.3, -0.25) is 9.79 Å². The van der Waals surface area contributed by atoms with Gasteiger partial charge in [-0.25, -0.2) is 0 Å². The Bertz CT molecular complexity index is 374. The molecule has 2 fully saturated rings. The fourth-order valence-corrected chi connectivity index (χ4v) is 2.78. The summed E-state index contributed by atoms with van der Waals surface area (Å²) in [6.07, 6.45) is 6.23. The highest BCUT2D eigenvalue weighted by Crippen LogP contribution is 2.18. The van der Waals surface area contributed by atoms with Crippen molar-refractivity contribution < 1.29 is 9.53 Å². The molecule has 2 N–H and O–H groups in total. The molecule has 6 nitrogen and oxygen atoms in total. The van der Waals surface area contributed by atoms with Gasteiger partial charge < -0.3 is 20.3 Å². The minimum Gasteiger partial charge on any atom is -0.378 e. The summed E-state index contributed by atoms with van der Waals surface area (Å²) in [5.41, 5.74) is 0. The van der Waals surface area contributed by atoms with Crippen LogP contribution >= 0.6 is 0 Å². The molecule has 0 bridgehead atoms. The highest BCUT2D eigenvalue weighted by Gasteiger charge is 2.23. The smallest absolute Gasteiger partial charge is 0.220 e. The van der Waals surface area contributed by atoms with E-state index in [1.165, 1.54) is 0 Å². The van der Waals surface area contributed by atoms with Gasteiger partial charge in [0.2, 0.25) is 5.91 Å². The first kappa shape index (κ1) is 17.1. The summed E-state index contributed by atoms with van der Waals surface area (Å²) in [6, 6.07) is 0.458. The lowest BCUT2D eigenvalue weighted by Crippen LogP contribution is -2.47. The van der Waals surface area contributed by atoms with Crippen molar-refractivity contribution in [3.8, 4) is 0 Å². The van der Waals surface area contributed by atoms with E-state index in [4.69, 9.17) is 4.74 Å². The van der Waals surface area contributed by atoms with Gasteiger partial charge in [0.25, 0.3) is 0 Å². The van der Waals surface area contributed by atoms with Crippen LogP contribution in [0.5, 0.6) is 0 Å². The fraction of sp³-hybridized carbons (Fsp3) is 0.875. The molecule has 6 heteroatoms. The van der Waals surface area contributed by atoms with E-state index in [0.29, 0.717) is 18.6 Å². The molecule has 1 saturated heterocycles. The van der Waals surface area contributed by atoms with E-state index in [1.54, 1.807) is 0 Å². The Morgan fingerprint density at radius 1 is 1.27 bits per heavy atom. The molecule has 0 aromatic heterocycles. The van der Waals surface area contributed by atoms with Gasteiger partial charge in [0.1, 0.15) is 0 Å². The quantitative estimate of drug-likeness (QED) is 0.420. The van der Waals surface area contributed by atoms with E-state index in [-0.39, 0.29) is 5.91 Å². The summed E-state index contributed by atoms with van der Waals surface area (Å²) in [7, 11) is 1.82. The van der Waals surface area contributed by atoms with Crippen molar-refractivity contribution in [2.45, 2.75) is 57.6 Å². The maximum atomic E-state index is 11.6. The number of ether oxygens (including phenoxy) is 1. The third kappa shape index (κ3) is 5.83. The topological polar surface area (TPSA) is 66.0 Å². The molecule has 0 radical (unpaired) electrons. The molecule has 0 atom stereocenters. The summed E-state index contributed by atoms with van der Waals surface area (Å²) < 4.78 is 5.67. The van der Waals surface area contributed by atoms with E-state index in [1.807, 2.05) is 14.0 Å². The molecule has 1 aliphatic carbocycles. The first-order valence-corrected chi connectivity index (χ1v) is 8.59. The number of carbonyl (C=O) groups excluding carboxylic acids is 1. The lowest BCUT2D eigenvalue weighted by Gasteiger charge is -2.34. The fourth-order valence-electron chi connectivity index (χ4n) is 2.78. The zero-order valence-corrected chi connectivity index (χ0v) is 13.9. The SMILES string of the molecule is CCOC1CCN(C(=NC)NCCCC(=O)NC2CC2)CC1. The van der Waals surface area contributed by atoms with Crippen LogP contribution in [0.1, 0.15) is 45.4 Å². The van der Waals surface area contributed by atoms with E-state index in [0.717, 1.165) is 64.3 Å². The third-order valence-electron chi connectivity index (χ3n) is 4.16. The van der Waals surface area contributed by atoms with Crippen LogP contribution in [-0.4, -0.2) is 62.2 Å². The lowest BCUT2D eigenvalue weighted by atomic mass is 10.1. The van der Waals surface area contributed by atoms with Crippen LogP contribution in [-0.2, 0) is 9.53 Å². The number of likely N-dealkylation sites (tertiary alicyclic amines) is 1. The molecule has 0 aromatic carbocycles. The molecule has 0 spiro atoms. The summed E-state index contributed by atoms with van der Waals surface area (Å²) >= 11 is 0. The average Bonchev–Trinajstić information content (AvgIpc) is 3.33. The maximum absolute atomic E-state index is 11.6. The van der Waals surface area contributed by atoms with Gasteiger partial charge in [0.15, 0.2) is 5.96 Å². The predicted molar refractivity (Wildman–Crippen MR) is 88.0 cm³/mol. The second-order valence-electron chi connectivity index (χ2n) is 6.06. The first-order chi connectivity index (χ1) is 10.7. The van der Waals surface area contributed by atoms with Gasteiger partial charge in [-0.2, -0.15) is 0 Å². The Balaban J connectivity index is 1.59. The third-order valence-corrected chi connectivity index (χ3v) is 4.16. The van der Waals surface area contributed by atoms with Gasteiger partial charge in [0.05, 0.1) is 6.10 Å². The normalized spacial score (nSPS) is 20.1. The summed E-state index contributed by atoms with van der Waals surface area (Å²) in [5.74, 6) is 1.12. The van der Waals surface area contributed by atoms with Crippen molar-refractivity contribution in [3.05, 3.63) is 0 Å². The second kappa shape index (κ2) is 8.98. The minimum atomic E-state index is 0.178. The van der Waals surface area contributed by atoms with Crippen molar-refractivity contribution >= 4 is 11.9 Å². The van der Waals surface area contributed by atoms with Crippen LogP contribution in [0.15, 0.2) is 4.99 Å². The molecule has 0 unspecified atom stereocenters. The van der Waals surface area contributed by atoms with Crippen LogP contribution in [0.25, 0.3) is 0 Å². The van der Waals surface area contributed by atoms with Crippen LogP contribution in [0, 0.1) is 0 Å². The van der Waals surface area contributed by atoms with Crippen LogP contribution in [0.3, 0.4) is 0 Å². The highest BCUT2D eigenvalue weighted by molar-refractivity contribution is 5.80. The van der Waals surface area contributed by atoms with Gasteiger partial charge in [-0.15, -0.1) is 0 Å². The van der Waals surface area contributed by atoms with E-state index in [2.05, 4.69) is 20.5 Å². The Morgan fingerprint density at radius 2 is 2.00 bits per heavy atom. The number of rotatable bonds is 7. The summed E-state index contributed by atoms with van der Waals surface area (Å²) in [5, 5.41) is 6.38. The number of guanidine groups is 1. The van der Waals surface area contributed by atoms with Crippen molar-refractivity contribution in [1.29, 1.82) is 0 Å². The summed E-state index contributed by atoms with van der Waals surface area (Å²) in [6.45, 7) is 5.59. The zero-order valence-electron chi connectivity index (χ0n) is 13.9. The van der Waals surface area contributed by atoms with Gasteiger partial charge >= 0.3 is 0 Å². The van der Waals surface area contributed by atoms with Gasteiger partial charge in [-0.1, -0.05) is 0 Å². The first-order valence-electron chi connectivity index (χ1n) is 8.59.